The third-order valence-corrected chi connectivity index (χ3v) is 5.49. The number of nitrogens with zero attached hydrogens (tertiary/aromatic N) is 3. The molecule has 0 unspecified atom stereocenters. The van der Waals surface area contributed by atoms with E-state index in [1.54, 1.807) is 41.2 Å². The number of nitrogens with one attached hydrogen (secondary N) is 1. The summed E-state index contributed by atoms with van der Waals surface area (Å²) < 4.78 is 17.2. The van der Waals surface area contributed by atoms with Crippen LogP contribution in [0.1, 0.15) is 5.56 Å². The second kappa shape index (κ2) is 10.7. The summed E-state index contributed by atoms with van der Waals surface area (Å²) in [6.07, 6.45) is 4.35. The molecule has 0 saturated carbocycles. The molecule has 1 amide bonds. The number of carbonyl (C=O) groups excluding carboxylic acids is 2. The molecule has 0 bridgehead atoms. The Kier molecular flexibility index (Phi) is 6.81. The molecular weight excluding hydrogens is 492 g/mol. The summed E-state index contributed by atoms with van der Waals surface area (Å²) in [5.41, 5.74) is 2.62. The minimum Gasteiger partial charge on any atom is -0.454 e. The molecule has 1 aromatic heterocycles. The van der Waals surface area contributed by atoms with Gasteiger partial charge in [0.05, 0.1) is 10.6 Å². The van der Waals surface area contributed by atoms with Crippen molar-refractivity contribution in [3.8, 4) is 28.4 Å². The lowest BCUT2D eigenvalue weighted by molar-refractivity contribution is -0.384. The highest BCUT2D eigenvalue weighted by Crippen LogP contribution is 2.34. The Balaban J connectivity index is 1.29. The maximum Gasteiger partial charge on any atom is 0.331 e. The van der Waals surface area contributed by atoms with Crippen LogP contribution in [0.15, 0.2) is 85.1 Å². The third-order valence-electron chi connectivity index (χ3n) is 5.49. The van der Waals surface area contributed by atoms with E-state index in [1.165, 1.54) is 24.3 Å². The summed E-state index contributed by atoms with van der Waals surface area (Å²) in [7, 11) is 0. The van der Waals surface area contributed by atoms with E-state index in [-0.39, 0.29) is 12.5 Å². The Hall–Kier alpha value is -5.45. The van der Waals surface area contributed by atoms with Gasteiger partial charge >= 0.3 is 5.97 Å². The number of nitro groups is 1. The van der Waals surface area contributed by atoms with Crippen LogP contribution in [0.25, 0.3) is 23.0 Å². The van der Waals surface area contributed by atoms with Gasteiger partial charge in [-0.2, -0.15) is 5.10 Å². The fourth-order valence-electron chi connectivity index (χ4n) is 3.73. The second-order valence-electron chi connectivity index (χ2n) is 8.08. The van der Waals surface area contributed by atoms with E-state index in [2.05, 4.69) is 10.4 Å². The Morgan fingerprint density at radius 1 is 1.05 bits per heavy atom. The molecule has 0 radical (unpaired) electrons. The van der Waals surface area contributed by atoms with Crippen molar-refractivity contribution < 1.29 is 28.7 Å². The zero-order valence-corrected chi connectivity index (χ0v) is 19.8. The smallest absolute Gasteiger partial charge is 0.331 e. The molecule has 11 heteroatoms. The molecular formula is C27H20N4O7. The number of aromatic nitrogens is 2. The van der Waals surface area contributed by atoms with Gasteiger partial charge in [-0.05, 0) is 30.3 Å². The normalized spacial score (nSPS) is 11.9. The van der Waals surface area contributed by atoms with Crippen molar-refractivity contribution in [2.45, 2.75) is 0 Å². The summed E-state index contributed by atoms with van der Waals surface area (Å²) in [6.45, 7) is -0.386. The minimum absolute atomic E-state index is 0.0837. The summed E-state index contributed by atoms with van der Waals surface area (Å²) >= 11 is 0. The molecule has 1 N–H and O–H groups in total. The van der Waals surface area contributed by atoms with E-state index in [9.17, 15) is 19.7 Å². The van der Waals surface area contributed by atoms with Crippen LogP contribution >= 0.6 is 0 Å². The van der Waals surface area contributed by atoms with Crippen LogP contribution in [0.4, 0.5) is 11.4 Å². The first-order valence-corrected chi connectivity index (χ1v) is 11.4. The van der Waals surface area contributed by atoms with Crippen molar-refractivity contribution in [3.63, 3.8) is 0 Å². The highest BCUT2D eigenvalue weighted by atomic mass is 16.7. The molecule has 3 aromatic carbocycles. The molecule has 0 aliphatic carbocycles. The van der Waals surface area contributed by atoms with Crippen molar-refractivity contribution >= 4 is 29.3 Å². The second-order valence-corrected chi connectivity index (χ2v) is 8.08. The van der Waals surface area contributed by atoms with Crippen LogP contribution in [0.5, 0.6) is 11.5 Å². The standard InChI is InChI=1S/C27H20N4O7/c32-25(28-20-10-11-23-24(14-20)38-17-37-23)16-36-26(33)12-9-19-15-30(21-6-2-1-3-7-21)29-27(19)18-5-4-8-22(13-18)31(34)35/h1-15H,16-17H2,(H,28,32). The van der Waals surface area contributed by atoms with Gasteiger partial charge < -0.3 is 19.5 Å². The molecule has 0 spiro atoms. The molecule has 38 heavy (non-hydrogen) atoms. The molecule has 4 aromatic rings. The predicted molar refractivity (Wildman–Crippen MR) is 137 cm³/mol. The summed E-state index contributed by atoms with van der Waals surface area (Å²) in [5.74, 6) is -0.180. The number of carbonyl (C=O) groups is 2. The number of esters is 1. The van der Waals surface area contributed by atoms with Crippen LogP contribution in [-0.2, 0) is 14.3 Å². The molecule has 1 aliphatic heterocycles. The van der Waals surface area contributed by atoms with Gasteiger partial charge in [0.2, 0.25) is 6.79 Å². The van der Waals surface area contributed by atoms with Crippen LogP contribution in [0.2, 0.25) is 0 Å². The number of nitro benzene ring substituents is 1. The lowest BCUT2D eigenvalue weighted by Crippen LogP contribution is -2.20. The average Bonchev–Trinajstić information content (AvgIpc) is 3.58. The average molecular weight is 512 g/mol. The van der Waals surface area contributed by atoms with E-state index in [0.29, 0.717) is 34.0 Å². The van der Waals surface area contributed by atoms with Gasteiger partial charge in [-0.25, -0.2) is 9.48 Å². The Morgan fingerprint density at radius 2 is 1.87 bits per heavy atom. The monoisotopic (exact) mass is 512 g/mol. The first kappa shape index (κ1) is 24.3. The molecule has 2 heterocycles. The van der Waals surface area contributed by atoms with Crippen molar-refractivity contribution in [1.82, 2.24) is 9.78 Å². The number of rotatable bonds is 8. The Labute approximate surface area is 216 Å². The van der Waals surface area contributed by atoms with Crippen molar-refractivity contribution in [2.75, 3.05) is 18.7 Å². The fourth-order valence-corrected chi connectivity index (χ4v) is 3.73. The van der Waals surface area contributed by atoms with E-state index in [1.807, 2.05) is 30.3 Å². The van der Waals surface area contributed by atoms with Crippen molar-refractivity contribution in [3.05, 3.63) is 101 Å². The zero-order valence-electron chi connectivity index (χ0n) is 19.8. The first-order chi connectivity index (χ1) is 18.5. The number of amides is 1. The number of para-hydroxylation sites is 1. The number of ether oxygens (including phenoxy) is 3. The SMILES string of the molecule is O=C(COC(=O)C=Cc1cn(-c2ccccc2)nc1-c1cccc([N+](=O)[O-])c1)Nc1ccc2c(c1)OCO2. The van der Waals surface area contributed by atoms with Gasteiger partial charge in [0.1, 0.15) is 5.69 Å². The number of hydrogen-bond acceptors (Lipinski definition) is 8. The lowest BCUT2D eigenvalue weighted by atomic mass is 10.1. The fraction of sp³-hybridized carbons (Fsp3) is 0.0741. The van der Waals surface area contributed by atoms with E-state index < -0.39 is 23.4 Å². The Morgan fingerprint density at radius 3 is 2.68 bits per heavy atom. The molecule has 1 aliphatic rings. The molecule has 0 fully saturated rings. The molecule has 190 valence electrons. The maximum absolute atomic E-state index is 12.4. The summed E-state index contributed by atoms with van der Waals surface area (Å²) in [6, 6.07) is 20.3. The maximum atomic E-state index is 12.4. The molecule has 11 nitrogen and oxygen atoms in total. The van der Waals surface area contributed by atoms with Crippen molar-refractivity contribution in [2.24, 2.45) is 0 Å². The van der Waals surface area contributed by atoms with E-state index in [0.717, 1.165) is 5.69 Å². The van der Waals surface area contributed by atoms with Gasteiger partial charge in [0.15, 0.2) is 18.1 Å². The quantitative estimate of drug-likeness (QED) is 0.159. The molecule has 0 saturated heterocycles. The summed E-state index contributed by atoms with van der Waals surface area (Å²) in [5, 5.41) is 18.5. The lowest BCUT2D eigenvalue weighted by Gasteiger charge is -2.06. The van der Waals surface area contributed by atoms with Gasteiger partial charge in [-0.15, -0.1) is 0 Å². The number of benzene rings is 3. The number of hydrogen-bond donors (Lipinski definition) is 1. The molecule has 5 rings (SSSR count). The van der Waals surface area contributed by atoms with E-state index in [4.69, 9.17) is 14.2 Å². The zero-order chi connectivity index (χ0) is 26.5. The topological polar surface area (TPSA) is 135 Å². The summed E-state index contributed by atoms with van der Waals surface area (Å²) in [4.78, 5) is 35.4. The van der Waals surface area contributed by atoms with Crippen LogP contribution in [0, 0.1) is 10.1 Å². The van der Waals surface area contributed by atoms with Crippen LogP contribution < -0.4 is 14.8 Å². The van der Waals surface area contributed by atoms with Gasteiger partial charge in [0.25, 0.3) is 11.6 Å². The highest BCUT2D eigenvalue weighted by Gasteiger charge is 2.16. The highest BCUT2D eigenvalue weighted by molar-refractivity contribution is 5.95. The van der Waals surface area contributed by atoms with Gasteiger partial charge in [0, 0.05) is 47.3 Å². The largest absolute Gasteiger partial charge is 0.454 e. The van der Waals surface area contributed by atoms with Crippen LogP contribution in [-0.4, -0.2) is 40.0 Å². The van der Waals surface area contributed by atoms with Crippen molar-refractivity contribution in [1.29, 1.82) is 0 Å². The van der Waals surface area contributed by atoms with E-state index >= 15 is 0 Å². The van der Waals surface area contributed by atoms with Gasteiger partial charge in [-0.1, -0.05) is 30.3 Å². The van der Waals surface area contributed by atoms with Gasteiger partial charge in [-0.3, -0.25) is 14.9 Å². The first-order valence-electron chi connectivity index (χ1n) is 11.4. The number of non-ortho nitro benzene ring substituents is 1. The predicted octanol–water partition coefficient (Wildman–Crippen LogP) is 4.37. The third kappa shape index (κ3) is 5.51. The number of fused-ring (bicyclic) bond motifs is 1. The molecule has 0 atom stereocenters. The van der Waals surface area contributed by atoms with Crippen LogP contribution in [0.3, 0.4) is 0 Å². The minimum atomic E-state index is -0.747. The Bertz CT molecular complexity index is 1550. The number of anilines is 1.